The third-order valence-corrected chi connectivity index (χ3v) is 5.17. The van der Waals surface area contributed by atoms with Gasteiger partial charge >= 0.3 is 5.97 Å². The standard InChI is InChI=1S/C19H21NO3/c1-19(11-13-10-14(13)12-19)18(21)23-9-8-22-17-6-7-20-16-5-3-2-4-15(16)17/h2-7,13-14H,8-12H2,1H3. The lowest BCUT2D eigenvalue weighted by molar-refractivity contribution is -0.156. The predicted molar refractivity (Wildman–Crippen MR) is 87.1 cm³/mol. The zero-order chi connectivity index (χ0) is 15.9. The van der Waals surface area contributed by atoms with Crippen LogP contribution in [0.4, 0.5) is 0 Å². The minimum Gasteiger partial charge on any atom is -0.489 e. The number of esters is 1. The fourth-order valence-electron chi connectivity index (χ4n) is 3.87. The second-order valence-electron chi connectivity index (χ2n) is 7.04. The van der Waals surface area contributed by atoms with Crippen LogP contribution in [0, 0.1) is 17.3 Å². The van der Waals surface area contributed by atoms with Crippen molar-refractivity contribution in [2.75, 3.05) is 13.2 Å². The number of rotatable bonds is 5. The zero-order valence-corrected chi connectivity index (χ0v) is 13.3. The summed E-state index contributed by atoms with van der Waals surface area (Å²) in [7, 11) is 0. The molecule has 0 bridgehead atoms. The van der Waals surface area contributed by atoms with E-state index in [-0.39, 0.29) is 11.4 Å². The van der Waals surface area contributed by atoms with Crippen LogP contribution in [0.15, 0.2) is 36.5 Å². The van der Waals surface area contributed by atoms with Gasteiger partial charge in [-0.2, -0.15) is 0 Å². The first-order valence-corrected chi connectivity index (χ1v) is 8.29. The van der Waals surface area contributed by atoms with Crippen molar-refractivity contribution in [3.05, 3.63) is 36.5 Å². The SMILES string of the molecule is CC1(C(=O)OCCOc2ccnc3ccccc23)CC2CC2C1. The van der Waals surface area contributed by atoms with E-state index in [4.69, 9.17) is 9.47 Å². The molecule has 2 aliphatic carbocycles. The smallest absolute Gasteiger partial charge is 0.311 e. The summed E-state index contributed by atoms with van der Waals surface area (Å²) < 4.78 is 11.2. The molecule has 4 rings (SSSR count). The maximum absolute atomic E-state index is 12.3. The molecule has 1 heterocycles. The molecule has 1 aromatic carbocycles. The van der Waals surface area contributed by atoms with Crippen LogP contribution in [0.3, 0.4) is 0 Å². The molecule has 0 aliphatic heterocycles. The summed E-state index contributed by atoms with van der Waals surface area (Å²) >= 11 is 0. The topological polar surface area (TPSA) is 48.4 Å². The lowest BCUT2D eigenvalue weighted by Crippen LogP contribution is -2.29. The Bertz CT molecular complexity index is 727. The van der Waals surface area contributed by atoms with Crippen LogP contribution in [0.25, 0.3) is 10.9 Å². The number of ether oxygens (including phenoxy) is 2. The van der Waals surface area contributed by atoms with Crippen LogP contribution in [0.1, 0.15) is 26.2 Å². The zero-order valence-electron chi connectivity index (χ0n) is 13.3. The normalized spacial score (nSPS) is 28.4. The van der Waals surface area contributed by atoms with Crippen LogP contribution >= 0.6 is 0 Å². The van der Waals surface area contributed by atoms with Crippen LogP contribution in [-0.4, -0.2) is 24.2 Å². The van der Waals surface area contributed by atoms with Gasteiger partial charge in [-0.15, -0.1) is 0 Å². The molecule has 0 N–H and O–H groups in total. The number of nitrogens with zero attached hydrogens (tertiary/aromatic N) is 1. The number of carbonyl (C=O) groups is 1. The molecule has 2 atom stereocenters. The second-order valence-corrected chi connectivity index (χ2v) is 7.04. The molecule has 2 unspecified atom stereocenters. The first-order valence-electron chi connectivity index (χ1n) is 8.29. The van der Waals surface area contributed by atoms with E-state index in [0.29, 0.717) is 13.2 Å². The van der Waals surface area contributed by atoms with Crippen molar-refractivity contribution in [1.29, 1.82) is 0 Å². The molecule has 120 valence electrons. The quantitative estimate of drug-likeness (QED) is 0.625. The minimum atomic E-state index is -0.267. The second kappa shape index (κ2) is 5.52. The Labute approximate surface area is 135 Å². The fraction of sp³-hybridized carbons (Fsp3) is 0.474. The Morgan fingerprint density at radius 2 is 2.00 bits per heavy atom. The van der Waals surface area contributed by atoms with Gasteiger partial charge in [0.25, 0.3) is 0 Å². The van der Waals surface area contributed by atoms with Gasteiger partial charge in [-0.05, 0) is 56.2 Å². The third kappa shape index (κ3) is 2.78. The molecule has 0 saturated heterocycles. The minimum absolute atomic E-state index is 0.0621. The van der Waals surface area contributed by atoms with Crippen LogP contribution in [0.5, 0.6) is 5.75 Å². The maximum atomic E-state index is 12.3. The van der Waals surface area contributed by atoms with Crippen LogP contribution in [0.2, 0.25) is 0 Å². The molecule has 4 nitrogen and oxygen atoms in total. The molecule has 0 radical (unpaired) electrons. The summed E-state index contributed by atoms with van der Waals surface area (Å²) in [4.78, 5) is 16.6. The van der Waals surface area contributed by atoms with Crippen molar-refractivity contribution in [2.24, 2.45) is 17.3 Å². The summed E-state index contributed by atoms with van der Waals surface area (Å²) in [6, 6.07) is 9.69. The molecule has 1 aromatic heterocycles. The lowest BCUT2D eigenvalue weighted by atomic mass is 9.85. The van der Waals surface area contributed by atoms with Gasteiger partial charge in [-0.25, -0.2) is 0 Å². The fourth-order valence-corrected chi connectivity index (χ4v) is 3.87. The molecule has 2 fully saturated rings. The first kappa shape index (κ1) is 14.5. The Kier molecular flexibility index (Phi) is 3.47. The van der Waals surface area contributed by atoms with Gasteiger partial charge in [-0.1, -0.05) is 12.1 Å². The molecule has 0 amide bonds. The van der Waals surface area contributed by atoms with Crippen LogP contribution < -0.4 is 4.74 Å². The molecule has 0 spiro atoms. The summed E-state index contributed by atoms with van der Waals surface area (Å²) in [6.07, 6.45) is 5.02. The lowest BCUT2D eigenvalue weighted by Gasteiger charge is -2.23. The predicted octanol–water partition coefficient (Wildman–Crippen LogP) is 3.59. The largest absolute Gasteiger partial charge is 0.489 e. The molecule has 23 heavy (non-hydrogen) atoms. The highest BCUT2D eigenvalue weighted by Crippen LogP contribution is 2.60. The maximum Gasteiger partial charge on any atom is 0.311 e. The Morgan fingerprint density at radius 3 is 2.83 bits per heavy atom. The molecule has 4 heteroatoms. The van der Waals surface area contributed by atoms with Gasteiger partial charge in [0.2, 0.25) is 0 Å². The van der Waals surface area contributed by atoms with E-state index in [0.717, 1.165) is 41.3 Å². The highest BCUT2D eigenvalue weighted by atomic mass is 16.6. The Morgan fingerprint density at radius 1 is 1.22 bits per heavy atom. The average molecular weight is 311 g/mol. The molecule has 2 aromatic rings. The van der Waals surface area contributed by atoms with Gasteiger partial charge in [-0.3, -0.25) is 9.78 Å². The first-order chi connectivity index (χ1) is 11.2. The summed E-state index contributed by atoms with van der Waals surface area (Å²) in [5.74, 6) is 2.26. The molecule has 2 aliphatic rings. The van der Waals surface area contributed by atoms with Crippen LogP contribution in [-0.2, 0) is 9.53 Å². The highest BCUT2D eigenvalue weighted by Gasteiger charge is 2.55. The van der Waals surface area contributed by atoms with E-state index in [1.165, 1.54) is 6.42 Å². The van der Waals surface area contributed by atoms with Gasteiger partial charge in [0.1, 0.15) is 19.0 Å². The number of fused-ring (bicyclic) bond motifs is 2. The van der Waals surface area contributed by atoms with E-state index >= 15 is 0 Å². The summed E-state index contributed by atoms with van der Waals surface area (Å²) in [6.45, 7) is 2.70. The van der Waals surface area contributed by atoms with Gasteiger partial charge in [0, 0.05) is 11.6 Å². The number of aromatic nitrogens is 1. The average Bonchev–Trinajstić information content (AvgIpc) is 3.18. The number of pyridine rings is 1. The van der Waals surface area contributed by atoms with Crippen molar-refractivity contribution >= 4 is 16.9 Å². The Balaban J connectivity index is 1.31. The van der Waals surface area contributed by atoms with Crippen molar-refractivity contribution in [1.82, 2.24) is 4.98 Å². The van der Waals surface area contributed by atoms with Crippen molar-refractivity contribution in [3.8, 4) is 5.75 Å². The number of benzene rings is 1. The molecule has 2 saturated carbocycles. The summed E-state index contributed by atoms with van der Waals surface area (Å²) in [5.41, 5.74) is 0.636. The molecular weight excluding hydrogens is 290 g/mol. The van der Waals surface area contributed by atoms with Gasteiger partial charge < -0.3 is 9.47 Å². The van der Waals surface area contributed by atoms with Gasteiger partial charge in [0.05, 0.1) is 10.9 Å². The summed E-state index contributed by atoms with van der Waals surface area (Å²) in [5, 5.41) is 0.976. The van der Waals surface area contributed by atoms with E-state index in [2.05, 4.69) is 4.98 Å². The van der Waals surface area contributed by atoms with E-state index in [9.17, 15) is 4.79 Å². The van der Waals surface area contributed by atoms with Gasteiger partial charge in [0.15, 0.2) is 0 Å². The number of hydrogen-bond acceptors (Lipinski definition) is 4. The monoisotopic (exact) mass is 311 g/mol. The van der Waals surface area contributed by atoms with E-state index < -0.39 is 0 Å². The van der Waals surface area contributed by atoms with Crippen molar-refractivity contribution in [3.63, 3.8) is 0 Å². The highest BCUT2D eigenvalue weighted by molar-refractivity contribution is 5.84. The number of carbonyl (C=O) groups excluding carboxylic acids is 1. The Hall–Kier alpha value is -2.10. The van der Waals surface area contributed by atoms with Crippen molar-refractivity contribution < 1.29 is 14.3 Å². The molecular formula is C19H21NO3. The number of para-hydroxylation sites is 1. The van der Waals surface area contributed by atoms with E-state index in [1.54, 1.807) is 6.20 Å². The van der Waals surface area contributed by atoms with Crippen molar-refractivity contribution in [2.45, 2.75) is 26.2 Å². The van der Waals surface area contributed by atoms with E-state index in [1.807, 2.05) is 37.3 Å². The number of hydrogen-bond donors (Lipinski definition) is 0. The third-order valence-electron chi connectivity index (χ3n) is 5.17.